The first-order valence-corrected chi connectivity index (χ1v) is 11.0. The van der Waals surface area contributed by atoms with Crippen LogP contribution in [0, 0.1) is 11.8 Å². The van der Waals surface area contributed by atoms with Crippen LogP contribution < -0.4 is 10.6 Å². The largest absolute Gasteiger partial charge is 0.361 e. The summed E-state index contributed by atoms with van der Waals surface area (Å²) in [5.41, 5.74) is -0.824. The van der Waals surface area contributed by atoms with Crippen LogP contribution in [-0.2, 0) is 23.9 Å². The van der Waals surface area contributed by atoms with Crippen molar-refractivity contribution in [2.45, 2.75) is 91.0 Å². The molecule has 0 aromatic carbocycles. The number of amides is 3. The highest BCUT2D eigenvalue weighted by Crippen LogP contribution is 2.29. The van der Waals surface area contributed by atoms with E-state index >= 15 is 0 Å². The third kappa shape index (κ3) is 6.27. The van der Waals surface area contributed by atoms with E-state index in [2.05, 4.69) is 10.6 Å². The van der Waals surface area contributed by atoms with Crippen LogP contribution in [0.4, 0.5) is 0 Å². The molecule has 2 N–H and O–H groups in total. The van der Waals surface area contributed by atoms with Crippen molar-refractivity contribution in [1.29, 1.82) is 0 Å². The third-order valence-electron chi connectivity index (χ3n) is 5.74. The molecule has 1 unspecified atom stereocenters. The predicted octanol–water partition coefficient (Wildman–Crippen LogP) is 1.42. The minimum absolute atomic E-state index is 0.127. The molecule has 3 amide bonds. The Morgan fingerprint density at radius 3 is 2.10 bits per heavy atom. The highest BCUT2D eigenvalue weighted by atomic mass is 16.6. The molecule has 8 heteroatoms. The van der Waals surface area contributed by atoms with Crippen LogP contribution in [0.15, 0.2) is 0 Å². The third-order valence-corrected chi connectivity index (χ3v) is 5.74. The first-order valence-electron chi connectivity index (χ1n) is 11.0. The van der Waals surface area contributed by atoms with Gasteiger partial charge in [-0.3, -0.25) is 19.2 Å². The van der Waals surface area contributed by atoms with E-state index in [-0.39, 0.29) is 35.3 Å². The zero-order valence-corrected chi connectivity index (χ0v) is 19.1. The van der Waals surface area contributed by atoms with E-state index in [0.717, 1.165) is 6.42 Å². The second-order valence-electron chi connectivity index (χ2n) is 9.64. The molecule has 2 heterocycles. The van der Waals surface area contributed by atoms with Crippen molar-refractivity contribution in [2.24, 2.45) is 11.8 Å². The quantitative estimate of drug-likeness (QED) is 0.517. The monoisotopic (exact) mass is 423 g/mol. The van der Waals surface area contributed by atoms with Crippen molar-refractivity contribution in [1.82, 2.24) is 15.5 Å². The van der Waals surface area contributed by atoms with Gasteiger partial charge < -0.3 is 20.3 Å². The van der Waals surface area contributed by atoms with E-state index in [0.29, 0.717) is 32.4 Å². The zero-order valence-electron chi connectivity index (χ0n) is 19.1. The summed E-state index contributed by atoms with van der Waals surface area (Å²) >= 11 is 0. The molecule has 0 aromatic heterocycles. The van der Waals surface area contributed by atoms with Crippen molar-refractivity contribution in [2.75, 3.05) is 13.2 Å². The first-order chi connectivity index (χ1) is 13.9. The van der Waals surface area contributed by atoms with Crippen LogP contribution in [0.25, 0.3) is 0 Å². The van der Waals surface area contributed by atoms with E-state index in [1.54, 1.807) is 11.8 Å². The minimum Gasteiger partial charge on any atom is -0.361 e. The summed E-state index contributed by atoms with van der Waals surface area (Å²) in [6.07, 6.45) is 2.31. The lowest BCUT2D eigenvalue weighted by atomic mass is 9.92. The maximum atomic E-state index is 13.1. The Morgan fingerprint density at radius 1 is 1.03 bits per heavy atom. The Labute approximate surface area is 179 Å². The summed E-state index contributed by atoms with van der Waals surface area (Å²) in [6, 6.07) is -1.96. The lowest BCUT2D eigenvalue weighted by molar-refractivity contribution is -0.138. The van der Waals surface area contributed by atoms with Crippen molar-refractivity contribution >= 4 is 23.5 Å². The molecule has 0 aliphatic carbocycles. The van der Waals surface area contributed by atoms with Gasteiger partial charge in [-0.1, -0.05) is 27.7 Å². The van der Waals surface area contributed by atoms with Crippen molar-refractivity contribution in [3.63, 3.8) is 0 Å². The number of epoxide rings is 1. The summed E-state index contributed by atoms with van der Waals surface area (Å²) in [5.74, 6) is -0.574. The number of rotatable bonds is 10. The van der Waals surface area contributed by atoms with Crippen molar-refractivity contribution in [3.8, 4) is 0 Å². The van der Waals surface area contributed by atoms with Crippen LogP contribution in [0.3, 0.4) is 0 Å². The molecular weight excluding hydrogens is 386 g/mol. The molecule has 0 aromatic rings. The summed E-state index contributed by atoms with van der Waals surface area (Å²) in [4.78, 5) is 52.1. The maximum absolute atomic E-state index is 13.1. The van der Waals surface area contributed by atoms with Gasteiger partial charge in [-0.05, 0) is 44.4 Å². The summed E-state index contributed by atoms with van der Waals surface area (Å²) in [7, 11) is 0. The van der Waals surface area contributed by atoms with Gasteiger partial charge in [0.15, 0.2) is 5.78 Å². The highest BCUT2D eigenvalue weighted by molar-refractivity contribution is 5.98. The maximum Gasteiger partial charge on any atom is 0.243 e. The van der Waals surface area contributed by atoms with Gasteiger partial charge in [0.25, 0.3) is 0 Å². The number of carbonyl (C=O) groups excluding carboxylic acids is 4. The average molecular weight is 424 g/mol. The molecule has 2 fully saturated rings. The van der Waals surface area contributed by atoms with Gasteiger partial charge in [-0.2, -0.15) is 0 Å². The Kier molecular flexibility index (Phi) is 8.02. The van der Waals surface area contributed by atoms with E-state index in [9.17, 15) is 19.2 Å². The Bertz CT molecular complexity index is 672. The van der Waals surface area contributed by atoms with Crippen LogP contribution >= 0.6 is 0 Å². The molecule has 170 valence electrons. The predicted molar refractivity (Wildman–Crippen MR) is 113 cm³/mol. The number of Topliss-reactive ketones (excluding diaryl/α,β-unsaturated/α-hetero) is 1. The SMILES string of the molecule is CC(=O)N1CCC[C@H]1C(=O)N[C@@H](CC(C)C)C(=O)N[C@@H](CC(C)C)C(=O)C1(C)CO1. The molecule has 0 spiro atoms. The molecule has 2 aliphatic rings. The molecule has 30 heavy (non-hydrogen) atoms. The number of hydrogen-bond donors (Lipinski definition) is 2. The van der Waals surface area contributed by atoms with Gasteiger partial charge in [-0.15, -0.1) is 0 Å². The smallest absolute Gasteiger partial charge is 0.243 e. The second-order valence-corrected chi connectivity index (χ2v) is 9.64. The van der Waals surface area contributed by atoms with E-state index in [1.807, 2.05) is 27.7 Å². The van der Waals surface area contributed by atoms with Crippen molar-refractivity contribution in [3.05, 3.63) is 0 Å². The Morgan fingerprint density at radius 2 is 1.60 bits per heavy atom. The molecule has 2 aliphatic heterocycles. The number of nitrogens with one attached hydrogen (secondary N) is 2. The number of nitrogens with zero attached hydrogens (tertiary/aromatic N) is 1. The number of ether oxygens (including phenoxy) is 1. The van der Waals surface area contributed by atoms with Gasteiger partial charge in [0, 0.05) is 13.5 Å². The molecule has 0 saturated carbocycles. The topological polar surface area (TPSA) is 108 Å². The fourth-order valence-electron chi connectivity index (χ4n) is 3.98. The summed E-state index contributed by atoms with van der Waals surface area (Å²) in [6.45, 7) is 12.0. The van der Waals surface area contributed by atoms with Crippen LogP contribution in [0.1, 0.15) is 67.2 Å². The van der Waals surface area contributed by atoms with Gasteiger partial charge in [-0.25, -0.2) is 0 Å². The van der Waals surface area contributed by atoms with Gasteiger partial charge in [0.2, 0.25) is 17.7 Å². The first kappa shape index (κ1) is 24.3. The number of ketones is 1. The van der Waals surface area contributed by atoms with Crippen LogP contribution in [-0.4, -0.2) is 65.3 Å². The molecule has 2 saturated heterocycles. The van der Waals surface area contributed by atoms with Gasteiger partial charge in [0.1, 0.15) is 17.7 Å². The molecule has 4 atom stereocenters. The van der Waals surface area contributed by atoms with Crippen LogP contribution in [0.5, 0.6) is 0 Å². The fourth-order valence-corrected chi connectivity index (χ4v) is 3.98. The lowest BCUT2D eigenvalue weighted by Crippen LogP contribution is -2.56. The van der Waals surface area contributed by atoms with E-state index in [1.165, 1.54) is 6.92 Å². The standard InChI is InChI=1S/C22H37N3O5/c1-13(2)10-16(19(27)22(6)12-30-22)23-20(28)17(11-14(3)4)24-21(29)18-8-7-9-25(18)15(5)26/h13-14,16-18H,7-12H2,1-6H3,(H,23,28)(H,24,29)/t16-,17-,18-,22?/m0/s1. The van der Waals surface area contributed by atoms with Gasteiger partial charge in [0.05, 0.1) is 12.6 Å². The van der Waals surface area contributed by atoms with E-state index in [4.69, 9.17) is 4.74 Å². The fraction of sp³-hybridized carbons (Fsp3) is 0.818. The normalized spacial score (nSPS) is 25.2. The lowest BCUT2D eigenvalue weighted by Gasteiger charge is -2.28. The average Bonchev–Trinajstić information content (AvgIpc) is 3.19. The zero-order chi connectivity index (χ0) is 22.6. The van der Waals surface area contributed by atoms with Crippen LogP contribution in [0.2, 0.25) is 0 Å². The Hall–Kier alpha value is -1.96. The van der Waals surface area contributed by atoms with Crippen molar-refractivity contribution < 1.29 is 23.9 Å². The molecule has 8 nitrogen and oxygen atoms in total. The molecular formula is C22H37N3O5. The summed E-state index contributed by atoms with van der Waals surface area (Å²) in [5, 5.41) is 5.71. The highest BCUT2D eigenvalue weighted by Gasteiger charge is 2.50. The number of hydrogen-bond acceptors (Lipinski definition) is 5. The number of likely N-dealkylation sites (tertiary alicyclic amines) is 1. The molecule has 2 rings (SSSR count). The minimum atomic E-state index is -0.824. The Balaban J connectivity index is 2.10. The van der Waals surface area contributed by atoms with E-state index < -0.39 is 23.7 Å². The number of carbonyl (C=O) groups is 4. The molecule has 0 radical (unpaired) electrons. The molecule has 0 bridgehead atoms. The summed E-state index contributed by atoms with van der Waals surface area (Å²) < 4.78 is 5.29. The van der Waals surface area contributed by atoms with Gasteiger partial charge >= 0.3 is 0 Å². The second kappa shape index (κ2) is 9.90.